The molecule has 0 bridgehead atoms. The minimum Gasteiger partial charge on any atom is -0.544 e. The predicted octanol–water partition coefficient (Wildman–Crippen LogP) is -1.67. The monoisotopic (exact) mass is 281 g/mol. The Morgan fingerprint density at radius 2 is 2.00 bits per heavy atom. The van der Waals surface area contributed by atoms with Crippen LogP contribution in [0.2, 0.25) is 0 Å². The highest BCUT2D eigenvalue weighted by atomic mass is 16.5. The predicted molar refractivity (Wildman–Crippen MR) is 69.2 cm³/mol. The largest absolute Gasteiger partial charge is 0.544 e. The summed E-state index contributed by atoms with van der Waals surface area (Å²) in [6.45, 7) is 2.21. The van der Waals surface area contributed by atoms with E-state index in [0.717, 1.165) is 0 Å². The van der Waals surface area contributed by atoms with Gasteiger partial charge in [-0.3, -0.25) is 4.79 Å². The number of quaternary nitrogens is 1. The fourth-order valence-electron chi connectivity index (χ4n) is 1.71. The smallest absolute Gasteiger partial charge is 0.168 e. The van der Waals surface area contributed by atoms with Crippen LogP contribution in [0.25, 0.3) is 0 Å². The Morgan fingerprint density at radius 1 is 1.35 bits per heavy atom. The Hall–Kier alpha value is -1.92. The third-order valence-electron chi connectivity index (χ3n) is 2.81. The number of aliphatic carboxylic acids is 1. The van der Waals surface area contributed by atoms with Gasteiger partial charge in [0.2, 0.25) is 0 Å². The van der Waals surface area contributed by atoms with E-state index in [2.05, 4.69) is 0 Å². The molecule has 1 unspecified atom stereocenters. The van der Waals surface area contributed by atoms with Crippen LogP contribution in [-0.4, -0.2) is 42.7 Å². The number of carboxylic acids is 1. The molecule has 0 aromatic heterocycles. The molecule has 0 heterocycles. The number of ether oxygens (including phenoxy) is 1. The summed E-state index contributed by atoms with van der Waals surface area (Å²) < 4.78 is 5.28. The van der Waals surface area contributed by atoms with Crippen molar-refractivity contribution in [2.24, 2.45) is 0 Å². The van der Waals surface area contributed by atoms with Crippen molar-refractivity contribution in [1.82, 2.24) is 0 Å². The lowest BCUT2D eigenvalue weighted by atomic mass is 10.1. The first-order valence-corrected chi connectivity index (χ1v) is 6.49. The lowest BCUT2D eigenvalue weighted by molar-refractivity contribution is -0.683. The van der Waals surface area contributed by atoms with Gasteiger partial charge in [-0.15, -0.1) is 0 Å². The number of carbonyl (C=O) groups excluding carboxylic acids is 2. The van der Waals surface area contributed by atoms with E-state index in [1.54, 1.807) is 24.3 Å². The maximum absolute atomic E-state index is 11.9. The van der Waals surface area contributed by atoms with Crippen molar-refractivity contribution in [1.29, 1.82) is 0 Å². The van der Waals surface area contributed by atoms with E-state index in [1.165, 1.54) is 5.32 Å². The SMILES string of the molecule is CCOc1ccc(C(=O)CC[NH2+]C(CO)C(=O)[O-])cc1. The summed E-state index contributed by atoms with van der Waals surface area (Å²) in [5.41, 5.74) is 0.552. The zero-order valence-electron chi connectivity index (χ0n) is 11.4. The molecule has 1 aromatic carbocycles. The molecule has 0 radical (unpaired) electrons. The van der Waals surface area contributed by atoms with E-state index < -0.39 is 18.6 Å². The molecule has 0 aliphatic rings. The number of hydrogen-bond donors (Lipinski definition) is 2. The Bertz CT molecular complexity index is 443. The molecule has 20 heavy (non-hydrogen) atoms. The Labute approximate surface area is 117 Å². The Morgan fingerprint density at radius 3 is 2.50 bits per heavy atom. The highest BCUT2D eigenvalue weighted by molar-refractivity contribution is 5.96. The van der Waals surface area contributed by atoms with E-state index in [-0.39, 0.29) is 18.7 Å². The van der Waals surface area contributed by atoms with Crippen molar-refractivity contribution < 1.29 is 29.9 Å². The Kier molecular flexibility index (Phi) is 6.69. The van der Waals surface area contributed by atoms with Crippen LogP contribution in [0.1, 0.15) is 23.7 Å². The van der Waals surface area contributed by atoms with Crippen LogP contribution >= 0.6 is 0 Å². The lowest BCUT2D eigenvalue weighted by Gasteiger charge is -2.13. The molecule has 0 fully saturated rings. The van der Waals surface area contributed by atoms with Crippen LogP contribution < -0.4 is 15.2 Å². The van der Waals surface area contributed by atoms with Crippen molar-refractivity contribution in [2.75, 3.05) is 19.8 Å². The third kappa shape index (κ3) is 4.99. The molecule has 0 spiro atoms. The third-order valence-corrected chi connectivity index (χ3v) is 2.81. The van der Waals surface area contributed by atoms with Gasteiger partial charge in [0.1, 0.15) is 24.4 Å². The van der Waals surface area contributed by atoms with Crippen LogP contribution in [0, 0.1) is 0 Å². The number of carbonyl (C=O) groups is 2. The van der Waals surface area contributed by atoms with Gasteiger partial charge in [-0.1, -0.05) is 0 Å². The average Bonchev–Trinajstić information content (AvgIpc) is 2.44. The Balaban J connectivity index is 2.44. The molecular weight excluding hydrogens is 262 g/mol. The molecule has 0 aliphatic heterocycles. The summed E-state index contributed by atoms with van der Waals surface area (Å²) in [4.78, 5) is 22.4. The molecule has 6 heteroatoms. The molecule has 110 valence electrons. The first-order chi connectivity index (χ1) is 9.58. The number of hydrogen-bond acceptors (Lipinski definition) is 5. The molecule has 3 N–H and O–H groups in total. The summed E-state index contributed by atoms with van der Waals surface area (Å²) in [5.74, 6) is -0.715. The second kappa shape index (κ2) is 8.29. The van der Waals surface area contributed by atoms with E-state index in [1.807, 2.05) is 6.92 Å². The number of ketones is 1. The van der Waals surface area contributed by atoms with Gasteiger partial charge in [-0.25, -0.2) is 0 Å². The van der Waals surface area contributed by atoms with Crippen LogP contribution in [0.15, 0.2) is 24.3 Å². The van der Waals surface area contributed by atoms with Gasteiger partial charge in [-0.2, -0.15) is 0 Å². The van der Waals surface area contributed by atoms with Gasteiger partial charge in [0, 0.05) is 5.56 Å². The van der Waals surface area contributed by atoms with Gasteiger partial charge in [0.25, 0.3) is 0 Å². The summed E-state index contributed by atoms with van der Waals surface area (Å²) in [5, 5.41) is 20.8. The molecule has 0 saturated heterocycles. The van der Waals surface area contributed by atoms with Crippen molar-refractivity contribution in [3.8, 4) is 5.75 Å². The highest BCUT2D eigenvalue weighted by Gasteiger charge is 2.13. The van der Waals surface area contributed by atoms with Crippen molar-refractivity contribution in [3.05, 3.63) is 29.8 Å². The number of aliphatic hydroxyl groups is 1. The number of Topliss-reactive ketones (excluding diaryl/α,β-unsaturated/α-hetero) is 1. The number of benzene rings is 1. The van der Waals surface area contributed by atoms with Crippen molar-refractivity contribution in [3.63, 3.8) is 0 Å². The highest BCUT2D eigenvalue weighted by Crippen LogP contribution is 2.13. The molecule has 0 amide bonds. The average molecular weight is 281 g/mol. The lowest BCUT2D eigenvalue weighted by Crippen LogP contribution is -2.94. The van der Waals surface area contributed by atoms with E-state index in [9.17, 15) is 14.7 Å². The number of carboxylic acid groups (broad SMARTS) is 1. The number of nitrogens with two attached hydrogens (primary N) is 1. The first kappa shape index (κ1) is 16.1. The second-order valence-corrected chi connectivity index (χ2v) is 4.26. The second-order valence-electron chi connectivity index (χ2n) is 4.26. The zero-order valence-corrected chi connectivity index (χ0v) is 11.4. The standard InChI is InChI=1S/C14H19NO5/c1-2-20-11-5-3-10(4-6-11)13(17)7-8-15-12(9-16)14(18)19/h3-6,12,15-16H,2,7-9H2,1H3,(H,18,19). The minimum atomic E-state index is -1.33. The fraction of sp³-hybridized carbons (Fsp3) is 0.429. The van der Waals surface area contributed by atoms with Crippen LogP contribution in [0.4, 0.5) is 0 Å². The van der Waals surface area contributed by atoms with Crippen LogP contribution in [0.3, 0.4) is 0 Å². The van der Waals surface area contributed by atoms with Gasteiger partial charge in [0.15, 0.2) is 5.78 Å². The maximum atomic E-state index is 11.9. The molecular formula is C14H19NO5. The van der Waals surface area contributed by atoms with E-state index in [0.29, 0.717) is 17.9 Å². The van der Waals surface area contributed by atoms with E-state index >= 15 is 0 Å². The maximum Gasteiger partial charge on any atom is 0.168 e. The van der Waals surface area contributed by atoms with Crippen LogP contribution in [0.5, 0.6) is 5.75 Å². The van der Waals surface area contributed by atoms with Crippen molar-refractivity contribution >= 4 is 11.8 Å². The number of rotatable bonds is 9. The zero-order chi connectivity index (χ0) is 15.0. The first-order valence-electron chi connectivity index (χ1n) is 6.49. The molecule has 1 rings (SSSR count). The topological polar surface area (TPSA) is 103 Å². The minimum absolute atomic E-state index is 0.0839. The summed E-state index contributed by atoms with van der Waals surface area (Å²) in [7, 11) is 0. The van der Waals surface area contributed by atoms with Gasteiger partial charge in [-0.05, 0) is 31.2 Å². The molecule has 0 aliphatic carbocycles. The van der Waals surface area contributed by atoms with Gasteiger partial charge >= 0.3 is 0 Å². The van der Waals surface area contributed by atoms with Gasteiger partial charge < -0.3 is 25.1 Å². The van der Waals surface area contributed by atoms with Crippen molar-refractivity contribution in [2.45, 2.75) is 19.4 Å². The molecule has 6 nitrogen and oxygen atoms in total. The quantitative estimate of drug-likeness (QED) is 0.527. The summed E-state index contributed by atoms with van der Waals surface area (Å²) in [6, 6.07) is 5.77. The molecule has 0 saturated carbocycles. The normalized spacial score (nSPS) is 11.9. The van der Waals surface area contributed by atoms with E-state index in [4.69, 9.17) is 9.84 Å². The number of aliphatic hydroxyl groups excluding tert-OH is 1. The molecule has 1 aromatic rings. The summed E-state index contributed by atoms with van der Waals surface area (Å²) in [6.07, 6.45) is 0.192. The summed E-state index contributed by atoms with van der Waals surface area (Å²) >= 11 is 0. The molecule has 1 atom stereocenters. The van der Waals surface area contributed by atoms with Crippen LogP contribution in [-0.2, 0) is 4.79 Å². The fourth-order valence-corrected chi connectivity index (χ4v) is 1.71. The van der Waals surface area contributed by atoms with Gasteiger partial charge in [0.05, 0.1) is 19.6 Å².